The van der Waals surface area contributed by atoms with E-state index in [4.69, 9.17) is 4.74 Å². The number of carbonyl (C=O) groups is 1. The Labute approximate surface area is 124 Å². The van der Waals surface area contributed by atoms with Gasteiger partial charge in [0.2, 0.25) is 5.95 Å². The maximum atomic E-state index is 13.0. The molecule has 22 heavy (non-hydrogen) atoms. The van der Waals surface area contributed by atoms with Crippen molar-refractivity contribution in [2.45, 2.75) is 12.3 Å². The normalized spacial score (nSPS) is 13.0. The first-order chi connectivity index (χ1) is 10.3. The van der Waals surface area contributed by atoms with Crippen LogP contribution in [0.5, 0.6) is 0 Å². The number of anilines is 1. The molecule has 0 saturated carbocycles. The predicted octanol–water partition coefficient (Wildman–Crippen LogP) is 2.77. The van der Waals surface area contributed by atoms with Crippen LogP contribution in [0.2, 0.25) is 0 Å². The summed E-state index contributed by atoms with van der Waals surface area (Å²) in [5.41, 5.74) is -1.15. The van der Waals surface area contributed by atoms with E-state index in [9.17, 15) is 18.0 Å². The molecule has 1 aromatic heterocycles. The summed E-state index contributed by atoms with van der Waals surface area (Å²) in [6.45, 7) is 0. The minimum atomic E-state index is -4.57. The molecule has 1 N–H and O–H groups in total. The molecule has 8 heteroatoms. The van der Waals surface area contributed by atoms with Crippen LogP contribution in [0.3, 0.4) is 0 Å². The number of amides is 1. The number of ether oxygens (including phenoxy) is 1. The Morgan fingerprint density at radius 3 is 2.59 bits per heavy atom. The maximum Gasteiger partial charge on any atom is 0.416 e. The van der Waals surface area contributed by atoms with Gasteiger partial charge in [0.05, 0.1) is 5.56 Å². The van der Waals surface area contributed by atoms with Crippen LogP contribution in [-0.2, 0) is 22.8 Å². The van der Waals surface area contributed by atoms with Crippen molar-refractivity contribution >= 4 is 11.9 Å². The zero-order valence-electron chi connectivity index (χ0n) is 11.9. The highest BCUT2D eigenvalue weighted by Gasteiger charge is 2.37. The summed E-state index contributed by atoms with van der Waals surface area (Å²) in [7, 11) is 2.82. The van der Waals surface area contributed by atoms with E-state index in [1.807, 2.05) is 0 Å². The molecule has 2 aromatic rings. The average molecular weight is 313 g/mol. The number of aromatic nitrogens is 2. The summed E-state index contributed by atoms with van der Waals surface area (Å²) in [6.07, 6.45) is -2.91. The summed E-state index contributed by atoms with van der Waals surface area (Å²) in [5.74, 6) is -0.509. The number of carbonyl (C=O) groups excluding carboxylic acids is 1. The zero-order chi connectivity index (χ0) is 16.3. The van der Waals surface area contributed by atoms with Gasteiger partial charge in [0.15, 0.2) is 6.10 Å². The van der Waals surface area contributed by atoms with E-state index in [0.717, 1.165) is 6.07 Å². The zero-order valence-corrected chi connectivity index (χ0v) is 11.9. The number of aryl methyl sites for hydroxylation is 1. The van der Waals surface area contributed by atoms with E-state index in [2.05, 4.69) is 10.3 Å². The molecule has 0 saturated heterocycles. The third-order valence-electron chi connectivity index (χ3n) is 3.08. The molecule has 1 unspecified atom stereocenters. The van der Waals surface area contributed by atoms with E-state index in [1.54, 1.807) is 13.2 Å². The summed E-state index contributed by atoms with van der Waals surface area (Å²) in [4.78, 5) is 16.1. The number of alkyl halides is 3. The molecule has 1 heterocycles. The van der Waals surface area contributed by atoms with Gasteiger partial charge in [-0.2, -0.15) is 13.2 Å². The number of rotatable bonds is 4. The molecular weight excluding hydrogens is 299 g/mol. The van der Waals surface area contributed by atoms with Crippen LogP contribution in [0.15, 0.2) is 36.7 Å². The van der Waals surface area contributed by atoms with Gasteiger partial charge in [-0.1, -0.05) is 18.2 Å². The molecular formula is C14H14F3N3O2. The van der Waals surface area contributed by atoms with Crippen LogP contribution in [0, 0.1) is 0 Å². The van der Waals surface area contributed by atoms with Crippen molar-refractivity contribution in [3.8, 4) is 0 Å². The molecule has 5 nitrogen and oxygen atoms in total. The van der Waals surface area contributed by atoms with Gasteiger partial charge < -0.3 is 9.30 Å². The first kappa shape index (κ1) is 16.0. The smallest absolute Gasteiger partial charge is 0.367 e. The fourth-order valence-corrected chi connectivity index (χ4v) is 2.02. The van der Waals surface area contributed by atoms with Crippen molar-refractivity contribution < 1.29 is 22.7 Å². The summed E-state index contributed by atoms with van der Waals surface area (Å²) >= 11 is 0. The van der Waals surface area contributed by atoms with Gasteiger partial charge in [-0.3, -0.25) is 10.1 Å². The highest BCUT2D eigenvalue weighted by molar-refractivity contribution is 5.93. The van der Waals surface area contributed by atoms with E-state index in [0.29, 0.717) is 0 Å². The molecule has 1 amide bonds. The molecule has 0 aliphatic carbocycles. The van der Waals surface area contributed by atoms with Crippen LogP contribution in [-0.4, -0.2) is 22.6 Å². The summed E-state index contributed by atoms with van der Waals surface area (Å²) in [5, 5.41) is 2.44. The molecule has 2 rings (SSSR count). The molecule has 1 atom stereocenters. The van der Waals surface area contributed by atoms with Crippen LogP contribution < -0.4 is 5.32 Å². The number of benzene rings is 1. The molecule has 0 aliphatic rings. The quantitative estimate of drug-likeness (QED) is 0.944. The monoisotopic (exact) mass is 313 g/mol. The van der Waals surface area contributed by atoms with Gasteiger partial charge in [-0.05, 0) is 6.07 Å². The van der Waals surface area contributed by atoms with Gasteiger partial charge in [0.1, 0.15) is 0 Å². The second-order valence-corrected chi connectivity index (χ2v) is 4.55. The Morgan fingerprint density at radius 2 is 2.05 bits per heavy atom. The lowest BCUT2D eigenvalue weighted by Crippen LogP contribution is -2.26. The number of nitrogens with one attached hydrogen (secondary N) is 1. The Bertz CT molecular complexity index is 667. The molecule has 0 fully saturated rings. The lowest BCUT2D eigenvalue weighted by Gasteiger charge is -2.19. The number of methoxy groups -OCH3 is 1. The molecule has 0 spiro atoms. The van der Waals surface area contributed by atoms with Crippen molar-refractivity contribution in [1.82, 2.24) is 9.55 Å². The van der Waals surface area contributed by atoms with Crippen molar-refractivity contribution in [2.75, 3.05) is 12.4 Å². The van der Waals surface area contributed by atoms with Crippen LogP contribution >= 0.6 is 0 Å². The minimum absolute atomic E-state index is 0.219. The number of hydrogen-bond acceptors (Lipinski definition) is 3. The second kappa shape index (κ2) is 6.18. The molecule has 0 aliphatic heterocycles. The van der Waals surface area contributed by atoms with E-state index >= 15 is 0 Å². The third-order valence-corrected chi connectivity index (χ3v) is 3.08. The van der Waals surface area contributed by atoms with Crippen LogP contribution in [0.25, 0.3) is 0 Å². The number of nitrogens with zero attached hydrogens (tertiary/aromatic N) is 2. The topological polar surface area (TPSA) is 56.1 Å². The number of halogens is 3. The first-order valence-electron chi connectivity index (χ1n) is 6.31. The Hall–Kier alpha value is -2.35. The summed E-state index contributed by atoms with van der Waals surface area (Å²) in [6, 6.07) is 4.81. The molecule has 1 aromatic carbocycles. The maximum absolute atomic E-state index is 13.0. The van der Waals surface area contributed by atoms with Gasteiger partial charge in [0.25, 0.3) is 5.91 Å². The van der Waals surface area contributed by atoms with E-state index in [-0.39, 0.29) is 11.5 Å². The van der Waals surface area contributed by atoms with Gasteiger partial charge in [-0.15, -0.1) is 0 Å². The van der Waals surface area contributed by atoms with Crippen molar-refractivity contribution in [3.63, 3.8) is 0 Å². The SMILES string of the molecule is COC(C(=O)Nc1nccn1C)c1ccccc1C(F)(F)F. The standard InChI is InChI=1S/C14H14F3N3O2/c1-20-8-7-18-13(20)19-12(21)11(22-2)9-5-3-4-6-10(9)14(15,16)17/h3-8,11H,1-2H3,(H,18,19,21). The minimum Gasteiger partial charge on any atom is -0.367 e. The van der Waals surface area contributed by atoms with Crippen LogP contribution in [0.1, 0.15) is 17.2 Å². The molecule has 0 bridgehead atoms. The number of imidazole rings is 1. The number of hydrogen-bond donors (Lipinski definition) is 1. The second-order valence-electron chi connectivity index (χ2n) is 4.55. The van der Waals surface area contributed by atoms with Crippen molar-refractivity contribution in [1.29, 1.82) is 0 Å². The van der Waals surface area contributed by atoms with E-state index in [1.165, 1.54) is 36.1 Å². The molecule has 0 radical (unpaired) electrons. The fraction of sp³-hybridized carbons (Fsp3) is 0.286. The van der Waals surface area contributed by atoms with Crippen LogP contribution in [0.4, 0.5) is 19.1 Å². The Morgan fingerprint density at radius 1 is 1.36 bits per heavy atom. The Kier molecular flexibility index (Phi) is 4.51. The first-order valence-corrected chi connectivity index (χ1v) is 6.31. The van der Waals surface area contributed by atoms with Crippen molar-refractivity contribution in [2.24, 2.45) is 7.05 Å². The van der Waals surface area contributed by atoms with Gasteiger partial charge >= 0.3 is 6.18 Å². The lowest BCUT2D eigenvalue weighted by molar-refractivity contribution is -0.140. The van der Waals surface area contributed by atoms with E-state index < -0.39 is 23.8 Å². The fourth-order valence-electron chi connectivity index (χ4n) is 2.02. The van der Waals surface area contributed by atoms with Crippen molar-refractivity contribution in [3.05, 3.63) is 47.8 Å². The highest BCUT2D eigenvalue weighted by atomic mass is 19.4. The third kappa shape index (κ3) is 3.28. The average Bonchev–Trinajstić information content (AvgIpc) is 2.84. The Balaban J connectivity index is 2.33. The predicted molar refractivity (Wildman–Crippen MR) is 73.0 cm³/mol. The summed E-state index contributed by atoms with van der Waals surface area (Å²) < 4.78 is 45.6. The van der Waals surface area contributed by atoms with Gasteiger partial charge in [-0.25, -0.2) is 4.98 Å². The lowest BCUT2D eigenvalue weighted by atomic mass is 10.0. The highest BCUT2D eigenvalue weighted by Crippen LogP contribution is 2.35. The van der Waals surface area contributed by atoms with Gasteiger partial charge in [0, 0.05) is 32.1 Å². The molecule has 118 valence electrons. The largest absolute Gasteiger partial charge is 0.416 e.